The number of benzene rings is 1. The van der Waals surface area contributed by atoms with Crippen LogP contribution in [0, 0.1) is 27.7 Å². The molecule has 0 bridgehead atoms. The molecule has 1 aromatic carbocycles. The van der Waals surface area contributed by atoms with Crippen LogP contribution in [0.1, 0.15) is 56.8 Å². The summed E-state index contributed by atoms with van der Waals surface area (Å²) < 4.78 is 0. The highest BCUT2D eigenvalue weighted by atomic mass is 16.1. The summed E-state index contributed by atoms with van der Waals surface area (Å²) in [6.45, 7) is 10.8. The van der Waals surface area contributed by atoms with Gasteiger partial charge in [-0.05, 0) is 63.8 Å². The van der Waals surface area contributed by atoms with Gasteiger partial charge in [-0.25, -0.2) is 0 Å². The van der Waals surface area contributed by atoms with Crippen molar-refractivity contribution in [1.29, 1.82) is 0 Å². The van der Waals surface area contributed by atoms with Crippen molar-refractivity contribution in [3.8, 4) is 0 Å². The van der Waals surface area contributed by atoms with Crippen LogP contribution < -0.4 is 0 Å². The average molecular weight is 218 g/mol. The van der Waals surface area contributed by atoms with Gasteiger partial charge in [-0.3, -0.25) is 9.59 Å². The molecule has 0 fully saturated rings. The number of hydrogen-bond acceptors (Lipinski definition) is 2. The van der Waals surface area contributed by atoms with Gasteiger partial charge in [0, 0.05) is 11.1 Å². The molecular weight excluding hydrogens is 200 g/mol. The largest absolute Gasteiger partial charge is 0.294 e. The summed E-state index contributed by atoms with van der Waals surface area (Å²) in [5.41, 5.74) is 5.25. The Bertz CT molecular complexity index is 437. The number of hydrogen-bond donors (Lipinski definition) is 0. The van der Waals surface area contributed by atoms with E-state index in [2.05, 4.69) is 0 Å². The van der Waals surface area contributed by atoms with Crippen LogP contribution in [0.5, 0.6) is 0 Å². The van der Waals surface area contributed by atoms with Crippen molar-refractivity contribution in [2.45, 2.75) is 41.5 Å². The summed E-state index contributed by atoms with van der Waals surface area (Å²) >= 11 is 0. The monoisotopic (exact) mass is 218 g/mol. The molecule has 0 saturated carbocycles. The van der Waals surface area contributed by atoms with E-state index in [0.29, 0.717) is 11.1 Å². The molecule has 0 N–H and O–H groups in total. The van der Waals surface area contributed by atoms with Gasteiger partial charge in [0.2, 0.25) is 0 Å². The molecule has 0 radical (unpaired) electrons. The zero-order valence-corrected chi connectivity index (χ0v) is 10.8. The van der Waals surface area contributed by atoms with E-state index < -0.39 is 0 Å². The fourth-order valence-electron chi connectivity index (χ4n) is 2.19. The molecule has 0 saturated heterocycles. The first-order chi connectivity index (χ1) is 7.29. The first-order valence-electron chi connectivity index (χ1n) is 5.41. The van der Waals surface area contributed by atoms with Crippen molar-refractivity contribution in [2.75, 3.05) is 0 Å². The second-order valence-electron chi connectivity index (χ2n) is 4.36. The second-order valence-corrected chi connectivity index (χ2v) is 4.36. The maximum absolute atomic E-state index is 11.7. The maximum atomic E-state index is 11.7. The van der Waals surface area contributed by atoms with Gasteiger partial charge >= 0.3 is 0 Å². The third-order valence-corrected chi connectivity index (χ3v) is 3.39. The third-order valence-electron chi connectivity index (χ3n) is 3.39. The van der Waals surface area contributed by atoms with Gasteiger partial charge < -0.3 is 0 Å². The minimum atomic E-state index is -0.0334. The summed E-state index contributed by atoms with van der Waals surface area (Å²) in [5.74, 6) is -0.0669. The Morgan fingerprint density at radius 3 is 1.06 bits per heavy atom. The van der Waals surface area contributed by atoms with Crippen molar-refractivity contribution < 1.29 is 9.59 Å². The number of rotatable bonds is 2. The van der Waals surface area contributed by atoms with Crippen LogP contribution in [0.2, 0.25) is 0 Å². The van der Waals surface area contributed by atoms with Crippen LogP contribution in [-0.4, -0.2) is 11.6 Å². The predicted molar refractivity (Wildman–Crippen MR) is 65.4 cm³/mol. The van der Waals surface area contributed by atoms with E-state index in [0.717, 1.165) is 22.3 Å². The molecule has 0 heterocycles. The first-order valence-corrected chi connectivity index (χ1v) is 5.41. The lowest BCUT2D eigenvalue weighted by atomic mass is 9.86. The molecule has 0 amide bonds. The number of carbonyl (C=O) groups excluding carboxylic acids is 2. The summed E-state index contributed by atoms with van der Waals surface area (Å²) in [7, 11) is 0. The van der Waals surface area contributed by atoms with Crippen LogP contribution in [0.3, 0.4) is 0 Å². The molecule has 0 spiro atoms. The van der Waals surface area contributed by atoms with Crippen LogP contribution in [0.25, 0.3) is 0 Å². The SMILES string of the molecule is CC(=O)c1c(C)c(C)c(C)c(C)c1C(C)=O. The fraction of sp³-hybridized carbons (Fsp3) is 0.429. The predicted octanol–water partition coefficient (Wildman–Crippen LogP) is 3.33. The summed E-state index contributed by atoms with van der Waals surface area (Å²) in [4.78, 5) is 23.3. The van der Waals surface area contributed by atoms with E-state index in [9.17, 15) is 9.59 Å². The van der Waals surface area contributed by atoms with E-state index in [1.54, 1.807) is 0 Å². The van der Waals surface area contributed by atoms with Crippen molar-refractivity contribution in [3.05, 3.63) is 33.4 Å². The zero-order valence-electron chi connectivity index (χ0n) is 10.8. The van der Waals surface area contributed by atoms with Crippen molar-refractivity contribution in [2.24, 2.45) is 0 Å². The highest BCUT2D eigenvalue weighted by Crippen LogP contribution is 2.27. The Morgan fingerprint density at radius 2 is 0.875 bits per heavy atom. The molecule has 16 heavy (non-hydrogen) atoms. The van der Waals surface area contributed by atoms with Crippen molar-refractivity contribution >= 4 is 11.6 Å². The Balaban J connectivity index is 3.83. The zero-order chi connectivity index (χ0) is 12.6. The van der Waals surface area contributed by atoms with E-state index in [1.165, 1.54) is 13.8 Å². The van der Waals surface area contributed by atoms with Gasteiger partial charge in [-0.15, -0.1) is 0 Å². The molecule has 0 aliphatic rings. The highest BCUT2D eigenvalue weighted by Gasteiger charge is 2.20. The maximum Gasteiger partial charge on any atom is 0.160 e. The fourth-order valence-corrected chi connectivity index (χ4v) is 2.19. The normalized spacial score (nSPS) is 10.4. The number of carbonyl (C=O) groups is 2. The minimum absolute atomic E-state index is 0.0334. The number of Topliss-reactive ketones (excluding diaryl/α,β-unsaturated/α-hetero) is 2. The lowest BCUT2D eigenvalue weighted by Crippen LogP contribution is -2.12. The van der Waals surface area contributed by atoms with Gasteiger partial charge in [0.15, 0.2) is 11.6 Å². The quantitative estimate of drug-likeness (QED) is 0.713. The Hall–Kier alpha value is -1.44. The van der Waals surface area contributed by atoms with Crippen molar-refractivity contribution in [1.82, 2.24) is 0 Å². The lowest BCUT2D eigenvalue weighted by Gasteiger charge is -2.17. The van der Waals surface area contributed by atoms with Crippen molar-refractivity contribution in [3.63, 3.8) is 0 Å². The molecule has 86 valence electrons. The van der Waals surface area contributed by atoms with Gasteiger partial charge in [0.25, 0.3) is 0 Å². The lowest BCUT2D eigenvalue weighted by molar-refractivity contribution is 0.0979. The molecule has 0 unspecified atom stereocenters. The molecule has 2 nitrogen and oxygen atoms in total. The van der Waals surface area contributed by atoms with E-state index >= 15 is 0 Å². The summed E-state index contributed by atoms with van der Waals surface area (Å²) in [6.07, 6.45) is 0. The van der Waals surface area contributed by atoms with Gasteiger partial charge in [-0.1, -0.05) is 0 Å². The van der Waals surface area contributed by atoms with Crippen LogP contribution in [-0.2, 0) is 0 Å². The minimum Gasteiger partial charge on any atom is -0.294 e. The van der Waals surface area contributed by atoms with Crippen LogP contribution in [0.4, 0.5) is 0 Å². The third kappa shape index (κ3) is 1.80. The Labute approximate surface area is 96.7 Å². The molecule has 0 aliphatic heterocycles. The van der Waals surface area contributed by atoms with Gasteiger partial charge in [0.1, 0.15) is 0 Å². The molecule has 1 aromatic rings. The molecule has 2 heteroatoms. The van der Waals surface area contributed by atoms with Gasteiger partial charge in [-0.2, -0.15) is 0 Å². The van der Waals surface area contributed by atoms with Crippen LogP contribution in [0.15, 0.2) is 0 Å². The summed E-state index contributed by atoms with van der Waals surface area (Å²) in [6, 6.07) is 0. The topological polar surface area (TPSA) is 34.1 Å². The van der Waals surface area contributed by atoms with E-state index in [1.807, 2.05) is 27.7 Å². The number of ketones is 2. The standard InChI is InChI=1S/C14H18O2/c1-7-8(2)10(4)14(12(6)16)13(9(7)3)11(5)15/h1-6H3. The second kappa shape index (κ2) is 4.20. The van der Waals surface area contributed by atoms with E-state index in [-0.39, 0.29) is 11.6 Å². The highest BCUT2D eigenvalue weighted by molar-refractivity contribution is 6.09. The molecule has 0 atom stereocenters. The van der Waals surface area contributed by atoms with Crippen LogP contribution >= 0.6 is 0 Å². The Morgan fingerprint density at radius 1 is 0.625 bits per heavy atom. The molecule has 0 aromatic heterocycles. The molecule has 1 rings (SSSR count). The first kappa shape index (κ1) is 12.6. The molecule has 0 aliphatic carbocycles. The Kier molecular flexibility index (Phi) is 3.32. The van der Waals surface area contributed by atoms with E-state index in [4.69, 9.17) is 0 Å². The summed E-state index contributed by atoms with van der Waals surface area (Å²) in [5, 5.41) is 0. The molecular formula is C14H18O2. The van der Waals surface area contributed by atoms with Gasteiger partial charge in [0.05, 0.1) is 0 Å². The average Bonchev–Trinajstić information content (AvgIpc) is 2.18. The smallest absolute Gasteiger partial charge is 0.160 e.